The van der Waals surface area contributed by atoms with Crippen LogP contribution in [-0.2, 0) is 12.8 Å². The number of benzene rings is 1. The minimum absolute atomic E-state index is 0.572. The maximum Gasteiger partial charge on any atom is 0.191 e. The summed E-state index contributed by atoms with van der Waals surface area (Å²) in [5.74, 6) is 2.39. The van der Waals surface area contributed by atoms with E-state index in [9.17, 15) is 0 Å². The molecule has 6 nitrogen and oxygen atoms in total. The third-order valence-corrected chi connectivity index (χ3v) is 6.34. The molecule has 0 radical (unpaired) electrons. The number of hydrogen-bond acceptors (Lipinski definition) is 5. The van der Waals surface area contributed by atoms with Crippen molar-refractivity contribution in [2.45, 2.75) is 33.1 Å². The van der Waals surface area contributed by atoms with Gasteiger partial charge in [0.25, 0.3) is 0 Å². The highest BCUT2D eigenvalue weighted by molar-refractivity contribution is 7.11. The van der Waals surface area contributed by atoms with E-state index in [1.54, 1.807) is 18.4 Å². The Labute approximate surface area is 178 Å². The number of guanidine groups is 1. The normalized spacial score (nSPS) is 16.9. The first-order valence-electron chi connectivity index (χ1n) is 10.6. The lowest BCUT2D eigenvalue weighted by Crippen LogP contribution is -2.38. The van der Waals surface area contributed by atoms with Crippen LogP contribution < -0.4 is 20.3 Å². The second-order valence-electron chi connectivity index (χ2n) is 7.27. The molecule has 3 rings (SSSR count). The lowest BCUT2D eigenvalue weighted by molar-refractivity contribution is 0.415. The molecule has 2 aromatic rings. The Morgan fingerprint density at radius 3 is 3.00 bits per heavy atom. The largest absolute Gasteiger partial charge is 0.497 e. The number of ether oxygens (including phenoxy) is 1. The van der Waals surface area contributed by atoms with Crippen LogP contribution in [0.25, 0.3) is 0 Å². The molecule has 0 amide bonds. The van der Waals surface area contributed by atoms with Gasteiger partial charge in [0.1, 0.15) is 5.75 Å². The van der Waals surface area contributed by atoms with Crippen LogP contribution in [0.15, 0.2) is 35.5 Å². The molecule has 1 aromatic heterocycles. The monoisotopic (exact) mass is 415 g/mol. The number of rotatable bonds is 9. The number of aliphatic imine (C=N–C) groups is 1. The van der Waals surface area contributed by atoms with Crippen molar-refractivity contribution < 1.29 is 4.74 Å². The number of hydrogen-bond donors (Lipinski definition) is 2. The average Bonchev–Trinajstić information content (AvgIpc) is 3.41. The maximum atomic E-state index is 5.36. The fraction of sp³-hybridized carbons (Fsp3) is 0.545. The van der Waals surface area contributed by atoms with Gasteiger partial charge in [-0.15, -0.1) is 11.3 Å². The van der Waals surface area contributed by atoms with Crippen LogP contribution in [0, 0.1) is 5.92 Å². The van der Waals surface area contributed by atoms with Crippen LogP contribution in [0.4, 0.5) is 5.69 Å². The molecule has 0 bridgehead atoms. The van der Waals surface area contributed by atoms with Crippen molar-refractivity contribution >= 4 is 23.0 Å². The second kappa shape index (κ2) is 11.0. The Morgan fingerprint density at radius 1 is 1.34 bits per heavy atom. The van der Waals surface area contributed by atoms with Gasteiger partial charge in [-0.05, 0) is 37.8 Å². The van der Waals surface area contributed by atoms with E-state index in [4.69, 9.17) is 9.73 Å². The van der Waals surface area contributed by atoms with Crippen LogP contribution in [0.5, 0.6) is 5.75 Å². The van der Waals surface area contributed by atoms with Crippen LogP contribution in [0.3, 0.4) is 0 Å². The number of nitrogens with one attached hydrogen (secondary N) is 2. The van der Waals surface area contributed by atoms with Crippen LogP contribution in [-0.4, -0.2) is 50.8 Å². The van der Waals surface area contributed by atoms with Gasteiger partial charge in [0.05, 0.1) is 12.1 Å². The number of methoxy groups -OCH3 is 1. The Hall–Kier alpha value is -2.28. The maximum absolute atomic E-state index is 5.36. The van der Waals surface area contributed by atoms with E-state index in [1.165, 1.54) is 22.0 Å². The second-order valence-corrected chi connectivity index (χ2v) is 8.47. The predicted octanol–water partition coefficient (Wildman–Crippen LogP) is 3.34. The summed E-state index contributed by atoms with van der Waals surface area (Å²) >= 11 is 1.81. The van der Waals surface area contributed by atoms with Gasteiger partial charge in [0.2, 0.25) is 0 Å². The average molecular weight is 416 g/mol. The van der Waals surface area contributed by atoms with Crippen molar-refractivity contribution in [3.8, 4) is 5.75 Å². The highest BCUT2D eigenvalue weighted by Crippen LogP contribution is 2.27. The van der Waals surface area contributed by atoms with Crippen LogP contribution in [0.2, 0.25) is 0 Å². The summed E-state index contributed by atoms with van der Waals surface area (Å²) in [4.78, 5) is 13.1. The zero-order valence-corrected chi connectivity index (χ0v) is 18.6. The van der Waals surface area contributed by atoms with Gasteiger partial charge < -0.3 is 20.3 Å². The zero-order chi connectivity index (χ0) is 20.5. The van der Waals surface area contributed by atoms with Gasteiger partial charge in [-0.1, -0.05) is 13.0 Å². The van der Waals surface area contributed by atoms with Crippen molar-refractivity contribution in [2.75, 3.05) is 44.7 Å². The fourth-order valence-electron chi connectivity index (χ4n) is 3.50. The van der Waals surface area contributed by atoms with Crippen LogP contribution >= 0.6 is 11.3 Å². The highest BCUT2D eigenvalue weighted by atomic mass is 32.1. The molecular formula is C22H33N5OS. The molecule has 1 atom stereocenters. The van der Waals surface area contributed by atoms with E-state index in [0.717, 1.165) is 57.3 Å². The Bertz CT molecular complexity index is 791. The first-order chi connectivity index (χ1) is 14.2. The first-order valence-corrected chi connectivity index (χ1v) is 11.4. The number of thiazole rings is 1. The van der Waals surface area contributed by atoms with E-state index in [-0.39, 0.29) is 0 Å². The summed E-state index contributed by atoms with van der Waals surface area (Å²) in [5.41, 5.74) is 1.23. The molecule has 1 aromatic carbocycles. The molecule has 7 heteroatoms. The molecule has 1 unspecified atom stereocenters. The van der Waals surface area contributed by atoms with Crippen molar-refractivity contribution in [3.63, 3.8) is 0 Å². The molecule has 0 aliphatic carbocycles. The lowest BCUT2D eigenvalue weighted by Gasteiger charge is -2.19. The number of aryl methyl sites for hydroxylation is 1. The Balaban J connectivity index is 1.48. The molecule has 158 valence electrons. The minimum atomic E-state index is 0.572. The summed E-state index contributed by atoms with van der Waals surface area (Å²) in [7, 11) is 1.72. The minimum Gasteiger partial charge on any atom is -0.497 e. The third kappa shape index (κ3) is 6.35. The first kappa shape index (κ1) is 21.4. The number of nitrogens with zero attached hydrogens (tertiary/aromatic N) is 3. The molecular weight excluding hydrogens is 382 g/mol. The predicted molar refractivity (Wildman–Crippen MR) is 122 cm³/mol. The summed E-state index contributed by atoms with van der Waals surface area (Å²) in [6.07, 6.45) is 5.15. The van der Waals surface area contributed by atoms with Gasteiger partial charge in [-0.3, -0.25) is 4.99 Å². The van der Waals surface area contributed by atoms with Crippen molar-refractivity contribution in [1.82, 2.24) is 15.6 Å². The molecule has 1 saturated heterocycles. The van der Waals surface area contributed by atoms with E-state index < -0.39 is 0 Å². The number of aromatic nitrogens is 1. The molecule has 29 heavy (non-hydrogen) atoms. The fourth-order valence-corrected chi connectivity index (χ4v) is 4.36. The molecule has 1 aliphatic heterocycles. The van der Waals surface area contributed by atoms with Gasteiger partial charge in [-0.25, -0.2) is 4.98 Å². The van der Waals surface area contributed by atoms with Crippen molar-refractivity contribution in [3.05, 3.63) is 40.3 Å². The Kier molecular flexibility index (Phi) is 8.16. The molecule has 1 aliphatic rings. The lowest BCUT2D eigenvalue weighted by atomic mass is 10.1. The van der Waals surface area contributed by atoms with E-state index in [0.29, 0.717) is 5.92 Å². The summed E-state index contributed by atoms with van der Waals surface area (Å²) in [6.45, 7) is 8.94. The van der Waals surface area contributed by atoms with Crippen molar-refractivity contribution in [1.29, 1.82) is 0 Å². The van der Waals surface area contributed by atoms with E-state index in [2.05, 4.69) is 52.6 Å². The zero-order valence-electron chi connectivity index (χ0n) is 17.8. The molecule has 0 saturated carbocycles. The summed E-state index contributed by atoms with van der Waals surface area (Å²) < 4.78 is 5.36. The quantitative estimate of drug-likeness (QED) is 0.486. The molecule has 1 fully saturated rings. The smallest absolute Gasteiger partial charge is 0.191 e. The third-order valence-electron chi connectivity index (χ3n) is 5.14. The topological polar surface area (TPSA) is 61.8 Å². The van der Waals surface area contributed by atoms with E-state index in [1.807, 2.05) is 12.3 Å². The van der Waals surface area contributed by atoms with E-state index >= 15 is 0 Å². The highest BCUT2D eigenvalue weighted by Gasteiger charge is 2.22. The van der Waals surface area contributed by atoms with Crippen LogP contribution in [0.1, 0.15) is 30.2 Å². The van der Waals surface area contributed by atoms with Gasteiger partial charge in [0.15, 0.2) is 5.96 Å². The molecule has 2 N–H and O–H groups in total. The summed E-state index contributed by atoms with van der Waals surface area (Å²) in [5, 5.41) is 8.00. The van der Waals surface area contributed by atoms with Gasteiger partial charge in [-0.2, -0.15) is 0 Å². The van der Waals surface area contributed by atoms with Crippen molar-refractivity contribution in [2.24, 2.45) is 10.9 Å². The van der Waals surface area contributed by atoms with Gasteiger partial charge >= 0.3 is 0 Å². The molecule has 2 heterocycles. The SMILES string of the molecule is CCNC(=NCC1CCN(c2cccc(OC)c2)C1)NCCc1ncc(CC)s1. The Morgan fingerprint density at radius 2 is 2.24 bits per heavy atom. The number of anilines is 1. The standard InChI is InChI=1S/C22H33N5OS/c1-4-20-15-25-21(29-20)9-11-24-22(23-5-2)26-14-17-10-12-27(16-17)18-7-6-8-19(13-18)28-3/h6-8,13,15,17H,4-5,9-12,14,16H2,1-3H3,(H2,23,24,26). The molecule has 0 spiro atoms. The van der Waals surface area contributed by atoms with Gasteiger partial charge in [0, 0.05) is 62.0 Å². The summed E-state index contributed by atoms with van der Waals surface area (Å²) in [6, 6.07) is 8.31.